The van der Waals surface area contributed by atoms with Crippen LogP contribution in [0.4, 0.5) is 16.3 Å². The van der Waals surface area contributed by atoms with Crippen LogP contribution in [0.25, 0.3) is 10.8 Å². The Morgan fingerprint density at radius 3 is 2.69 bits per heavy atom. The van der Waals surface area contributed by atoms with Gasteiger partial charge in [-0.05, 0) is 75.4 Å². The fourth-order valence-corrected chi connectivity index (χ4v) is 8.89. The molecule has 4 saturated heterocycles. The first kappa shape index (κ1) is 28.8. The summed E-state index contributed by atoms with van der Waals surface area (Å²) in [6.45, 7) is 7.82. The van der Waals surface area contributed by atoms with Crippen molar-refractivity contribution in [3.8, 4) is 6.01 Å². The second-order valence-corrected chi connectivity index (χ2v) is 13.8. The molecule has 4 fully saturated rings. The van der Waals surface area contributed by atoms with Gasteiger partial charge >= 0.3 is 12.1 Å². The topological polar surface area (TPSA) is 95.1 Å². The van der Waals surface area contributed by atoms with E-state index >= 15 is 0 Å². The second kappa shape index (κ2) is 11.6. The van der Waals surface area contributed by atoms with Crippen LogP contribution in [0.2, 0.25) is 0 Å². The lowest BCUT2D eigenvalue weighted by atomic mass is 9.95. The van der Waals surface area contributed by atoms with Gasteiger partial charge in [-0.2, -0.15) is 9.97 Å². The molecule has 2 aromatic carbocycles. The van der Waals surface area contributed by atoms with Crippen molar-refractivity contribution in [3.05, 3.63) is 53.2 Å². The molecule has 3 aromatic rings. The van der Waals surface area contributed by atoms with E-state index in [1.165, 1.54) is 40.4 Å². The number of benzene rings is 2. The normalized spacial score (nSPS) is 27.5. The number of aromatic nitrogens is 2. The third-order valence-electron chi connectivity index (χ3n) is 11.1. The molecule has 5 aliphatic rings. The number of ether oxygens (including phenoxy) is 2. The number of carbonyl (C=O) groups excluding carboxylic acids is 1. The highest BCUT2D eigenvalue weighted by Gasteiger charge is 2.50. The minimum absolute atomic E-state index is 0.0587. The zero-order valence-electron chi connectivity index (χ0n) is 26.6. The third-order valence-corrected chi connectivity index (χ3v) is 11.1. The molecule has 238 valence electrons. The lowest BCUT2D eigenvalue weighted by molar-refractivity contribution is 0.0554. The van der Waals surface area contributed by atoms with Crippen LogP contribution in [0.15, 0.2) is 36.4 Å². The average Bonchev–Trinajstić information content (AvgIpc) is 3.74. The Balaban J connectivity index is 1.08. The number of nitrogens with one attached hydrogen (secondary N) is 2. The summed E-state index contributed by atoms with van der Waals surface area (Å²) in [4.78, 5) is 29.6. The second-order valence-electron chi connectivity index (χ2n) is 13.8. The van der Waals surface area contributed by atoms with Gasteiger partial charge in [-0.3, -0.25) is 4.90 Å². The van der Waals surface area contributed by atoms with Gasteiger partial charge in [0.25, 0.3) is 0 Å². The van der Waals surface area contributed by atoms with Gasteiger partial charge in [0, 0.05) is 61.4 Å². The number of hydrogen-bond acceptors (Lipinski definition) is 9. The molecular formula is C35H45N7O3. The SMILES string of the molecule is CNC(=O)OC[C@H]1CC[C@@]2(COc3nc4c(c(N5CC6CCC(C5)N6)n3)CCN(c3cccc5cccc(C)c35)C4)CCCN12. The van der Waals surface area contributed by atoms with E-state index in [4.69, 9.17) is 19.4 Å². The van der Waals surface area contributed by atoms with Gasteiger partial charge in [0.2, 0.25) is 0 Å². The van der Waals surface area contributed by atoms with Crippen molar-refractivity contribution >= 4 is 28.4 Å². The van der Waals surface area contributed by atoms with Gasteiger partial charge in [0.15, 0.2) is 0 Å². The third kappa shape index (κ3) is 5.25. The maximum atomic E-state index is 11.8. The maximum absolute atomic E-state index is 11.8. The van der Waals surface area contributed by atoms with Crippen molar-refractivity contribution < 1.29 is 14.3 Å². The van der Waals surface area contributed by atoms with Crippen LogP contribution >= 0.6 is 0 Å². The van der Waals surface area contributed by atoms with Crippen LogP contribution in [0, 0.1) is 6.92 Å². The molecule has 10 heteroatoms. The number of rotatable bonds is 7. The minimum Gasteiger partial charge on any atom is -0.461 e. The quantitative estimate of drug-likeness (QED) is 0.408. The first-order chi connectivity index (χ1) is 22.0. The zero-order chi connectivity index (χ0) is 30.5. The lowest BCUT2D eigenvalue weighted by Crippen LogP contribution is -2.52. The van der Waals surface area contributed by atoms with Gasteiger partial charge in [-0.15, -0.1) is 0 Å². The molecule has 0 spiro atoms. The van der Waals surface area contributed by atoms with Crippen LogP contribution in [0.1, 0.15) is 55.3 Å². The van der Waals surface area contributed by atoms with Crippen molar-refractivity contribution in [1.82, 2.24) is 25.5 Å². The van der Waals surface area contributed by atoms with Crippen LogP contribution in [0.5, 0.6) is 6.01 Å². The van der Waals surface area contributed by atoms with Crippen LogP contribution < -0.4 is 25.2 Å². The van der Waals surface area contributed by atoms with Gasteiger partial charge in [0.1, 0.15) is 19.0 Å². The highest BCUT2D eigenvalue weighted by atomic mass is 16.5. The Labute approximate surface area is 265 Å². The molecule has 45 heavy (non-hydrogen) atoms. The zero-order valence-corrected chi connectivity index (χ0v) is 26.6. The molecule has 2 bridgehead atoms. The molecule has 2 N–H and O–H groups in total. The number of anilines is 2. The molecule has 0 aliphatic carbocycles. The molecule has 4 atom stereocenters. The summed E-state index contributed by atoms with van der Waals surface area (Å²) in [5.41, 5.74) is 4.88. The van der Waals surface area contributed by atoms with E-state index in [-0.39, 0.29) is 17.7 Å². The Morgan fingerprint density at radius 1 is 1.04 bits per heavy atom. The number of fused-ring (bicyclic) bond motifs is 5. The molecule has 1 aromatic heterocycles. The molecule has 8 rings (SSSR count). The number of aryl methyl sites for hydroxylation is 1. The fraction of sp³-hybridized carbons (Fsp3) is 0.571. The van der Waals surface area contributed by atoms with E-state index in [0.29, 0.717) is 31.3 Å². The summed E-state index contributed by atoms with van der Waals surface area (Å²) >= 11 is 0. The summed E-state index contributed by atoms with van der Waals surface area (Å²) in [6, 6.07) is 15.0. The number of carbonyl (C=O) groups is 1. The molecule has 6 heterocycles. The van der Waals surface area contributed by atoms with Gasteiger partial charge in [-0.1, -0.05) is 30.3 Å². The molecule has 0 radical (unpaired) electrons. The monoisotopic (exact) mass is 611 g/mol. The number of nitrogens with zero attached hydrogens (tertiary/aromatic N) is 5. The predicted molar refractivity (Wildman–Crippen MR) is 175 cm³/mol. The Bertz CT molecular complexity index is 1580. The smallest absolute Gasteiger partial charge is 0.406 e. The van der Waals surface area contributed by atoms with E-state index in [2.05, 4.69) is 68.7 Å². The molecule has 0 saturated carbocycles. The van der Waals surface area contributed by atoms with Crippen molar-refractivity contribution in [1.29, 1.82) is 0 Å². The van der Waals surface area contributed by atoms with E-state index in [9.17, 15) is 4.79 Å². The number of alkyl carbamates (subject to hydrolysis) is 1. The first-order valence-corrected chi connectivity index (χ1v) is 16.9. The Morgan fingerprint density at radius 2 is 1.87 bits per heavy atom. The van der Waals surface area contributed by atoms with Crippen LogP contribution in [-0.4, -0.2) is 91.1 Å². The average molecular weight is 612 g/mol. The van der Waals surface area contributed by atoms with E-state index in [0.717, 1.165) is 76.3 Å². The van der Waals surface area contributed by atoms with Crippen LogP contribution in [0.3, 0.4) is 0 Å². The van der Waals surface area contributed by atoms with Crippen molar-refractivity contribution in [2.45, 2.75) is 82.1 Å². The number of piperazine rings is 1. The van der Waals surface area contributed by atoms with Gasteiger partial charge < -0.3 is 29.9 Å². The molecular weight excluding hydrogens is 566 g/mol. The predicted octanol–water partition coefficient (Wildman–Crippen LogP) is 4.17. The first-order valence-electron chi connectivity index (χ1n) is 16.9. The Hall–Kier alpha value is -3.63. The van der Waals surface area contributed by atoms with E-state index < -0.39 is 0 Å². The maximum Gasteiger partial charge on any atom is 0.406 e. The summed E-state index contributed by atoms with van der Waals surface area (Å²) in [6.07, 6.45) is 7.24. The molecule has 5 aliphatic heterocycles. The van der Waals surface area contributed by atoms with Crippen molar-refractivity contribution in [3.63, 3.8) is 0 Å². The standard InChI is InChI=1S/C35H45N7O3/c1-23-6-3-7-24-8-4-9-30(31(23)24)40-17-13-28-29(20-40)38-33(39-32(28)41-18-25-10-11-26(19-41)37-25)45-22-35-14-5-16-42(35)27(12-15-35)21-44-34(43)36-2/h3-4,6-9,25-27,37H,5,10-22H2,1-2H3,(H,36,43)/t25?,26?,27-,35-/m1/s1. The van der Waals surface area contributed by atoms with E-state index in [1.807, 2.05) is 0 Å². The minimum atomic E-state index is -0.369. The van der Waals surface area contributed by atoms with Crippen molar-refractivity contribution in [2.75, 3.05) is 56.2 Å². The summed E-state index contributed by atoms with van der Waals surface area (Å²) in [5.74, 6) is 1.08. The largest absolute Gasteiger partial charge is 0.461 e. The highest BCUT2D eigenvalue weighted by molar-refractivity contribution is 5.97. The number of amides is 1. The van der Waals surface area contributed by atoms with Gasteiger partial charge in [-0.25, -0.2) is 4.79 Å². The Kier molecular flexibility index (Phi) is 7.44. The fourth-order valence-electron chi connectivity index (χ4n) is 8.89. The molecule has 2 unspecified atom stereocenters. The summed E-state index contributed by atoms with van der Waals surface area (Å²) in [7, 11) is 1.60. The van der Waals surface area contributed by atoms with E-state index in [1.54, 1.807) is 7.05 Å². The van der Waals surface area contributed by atoms with Crippen molar-refractivity contribution in [2.24, 2.45) is 0 Å². The lowest BCUT2D eigenvalue weighted by Gasteiger charge is -2.38. The molecule has 10 nitrogen and oxygen atoms in total. The molecule has 1 amide bonds. The summed E-state index contributed by atoms with van der Waals surface area (Å²) in [5, 5.41) is 8.95. The number of hydrogen-bond donors (Lipinski definition) is 2. The van der Waals surface area contributed by atoms with Crippen LogP contribution in [-0.2, 0) is 17.7 Å². The van der Waals surface area contributed by atoms with Gasteiger partial charge in [0.05, 0.1) is 17.8 Å². The highest BCUT2D eigenvalue weighted by Crippen LogP contribution is 2.43. The summed E-state index contributed by atoms with van der Waals surface area (Å²) < 4.78 is 12.1.